The molecule has 0 saturated heterocycles. The van der Waals surface area contributed by atoms with Crippen LogP contribution in [0.1, 0.15) is 10.4 Å². The third-order valence-corrected chi connectivity index (χ3v) is 3.93. The molecular weight excluding hydrogens is 410 g/mol. The highest BCUT2D eigenvalue weighted by Crippen LogP contribution is 2.31. The van der Waals surface area contributed by atoms with E-state index in [9.17, 15) is 23.7 Å². The van der Waals surface area contributed by atoms with E-state index in [0.29, 0.717) is 6.07 Å². The Morgan fingerprint density at radius 2 is 1.83 bits per heavy atom. The van der Waals surface area contributed by atoms with Gasteiger partial charge in [-0.25, -0.2) is 18.7 Å². The van der Waals surface area contributed by atoms with Crippen LogP contribution in [0.4, 0.5) is 31.8 Å². The van der Waals surface area contributed by atoms with Crippen LogP contribution in [0.2, 0.25) is 5.02 Å². The molecule has 0 spiro atoms. The fourth-order valence-corrected chi connectivity index (χ4v) is 2.50. The Kier molecular flexibility index (Phi) is 5.79. The first-order chi connectivity index (χ1) is 13.9. The van der Waals surface area contributed by atoms with Crippen molar-refractivity contribution >= 4 is 40.5 Å². The summed E-state index contributed by atoms with van der Waals surface area (Å²) in [5.41, 5.74) is 3.79. The average Bonchev–Trinajstić information content (AvgIpc) is 2.68. The lowest BCUT2D eigenvalue weighted by atomic mass is 10.2. The molecule has 3 N–H and O–H groups in total. The first-order valence-electron chi connectivity index (χ1n) is 7.89. The molecular formula is C17H11ClF2N6O3. The highest BCUT2D eigenvalue weighted by molar-refractivity contribution is 6.33. The second-order valence-corrected chi connectivity index (χ2v) is 5.89. The number of nitrogens with one attached hydrogen (secondary N) is 3. The number of carbonyl (C=O) groups is 1. The van der Waals surface area contributed by atoms with Crippen molar-refractivity contribution in [2.24, 2.45) is 0 Å². The number of nitrogens with zero attached hydrogens (tertiary/aromatic N) is 3. The van der Waals surface area contributed by atoms with Crippen LogP contribution in [-0.2, 0) is 0 Å². The van der Waals surface area contributed by atoms with Gasteiger partial charge in [-0.15, -0.1) is 0 Å². The predicted molar refractivity (Wildman–Crippen MR) is 101 cm³/mol. The molecule has 0 unspecified atom stereocenters. The molecule has 0 aliphatic rings. The van der Waals surface area contributed by atoms with Gasteiger partial charge in [-0.3, -0.25) is 25.8 Å². The predicted octanol–water partition coefficient (Wildman–Crippen LogP) is 3.82. The number of carbonyl (C=O) groups excluding carboxylic acids is 1. The van der Waals surface area contributed by atoms with Crippen molar-refractivity contribution in [3.63, 3.8) is 0 Å². The van der Waals surface area contributed by atoms with Gasteiger partial charge < -0.3 is 5.32 Å². The van der Waals surface area contributed by atoms with Crippen molar-refractivity contribution in [1.29, 1.82) is 0 Å². The molecule has 0 saturated carbocycles. The second kappa shape index (κ2) is 8.44. The van der Waals surface area contributed by atoms with Crippen molar-refractivity contribution < 1.29 is 18.5 Å². The number of nitro groups is 1. The summed E-state index contributed by atoms with van der Waals surface area (Å²) in [4.78, 5) is 30.3. The Bertz CT molecular complexity index is 1100. The summed E-state index contributed by atoms with van der Waals surface area (Å²) in [5, 5.41) is 14.1. The zero-order chi connectivity index (χ0) is 21.0. The number of hydrogen-bond acceptors (Lipinski definition) is 7. The van der Waals surface area contributed by atoms with Crippen molar-refractivity contribution in [3.05, 3.63) is 81.1 Å². The Labute approximate surface area is 166 Å². The number of anilines is 3. The first kappa shape index (κ1) is 19.9. The fraction of sp³-hybridized carbons (Fsp3) is 0. The summed E-state index contributed by atoms with van der Waals surface area (Å²) in [6.07, 6.45) is 0.959. The standard InChI is InChI=1S/C17H11ClF2N6O3/c18-11-4-2-1-3-10(11)17(27)25-24-16-14(26(28)29)15(21-8-22-16)23-13-6-5-9(19)7-12(13)20/h1-8H,(H,25,27)(H2,21,22,23,24). The molecule has 148 valence electrons. The van der Waals surface area contributed by atoms with Gasteiger partial charge in [-0.05, 0) is 24.3 Å². The minimum atomic E-state index is -0.973. The van der Waals surface area contributed by atoms with Crippen LogP contribution in [0.25, 0.3) is 0 Å². The number of halogens is 3. The molecule has 0 bridgehead atoms. The van der Waals surface area contributed by atoms with Crippen LogP contribution in [0, 0.1) is 21.7 Å². The lowest BCUT2D eigenvalue weighted by Gasteiger charge is -2.11. The summed E-state index contributed by atoms with van der Waals surface area (Å²) in [7, 11) is 0. The van der Waals surface area contributed by atoms with Gasteiger partial charge in [0.2, 0.25) is 11.6 Å². The van der Waals surface area contributed by atoms with E-state index in [1.54, 1.807) is 12.1 Å². The van der Waals surface area contributed by atoms with E-state index in [-0.39, 0.29) is 27.9 Å². The van der Waals surface area contributed by atoms with Crippen molar-refractivity contribution in [1.82, 2.24) is 15.4 Å². The summed E-state index contributed by atoms with van der Waals surface area (Å²) in [5.74, 6) is -3.18. The Hall–Kier alpha value is -3.86. The van der Waals surface area contributed by atoms with E-state index >= 15 is 0 Å². The smallest absolute Gasteiger partial charge is 0.332 e. The molecule has 0 aliphatic carbocycles. The molecule has 2 aromatic carbocycles. The molecule has 3 rings (SSSR count). The van der Waals surface area contributed by atoms with Gasteiger partial charge in [0, 0.05) is 6.07 Å². The van der Waals surface area contributed by atoms with Crippen LogP contribution in [0.3, 0.4) is 0 Å². The van der Waals surface area contributed by atoms with Crippen LogP contribution in [0.15, 0.2) is 48.8 Å². The second-order valence-electron chi connectivity index (χ2n) is 5.48. The molecule has 29 heavy (non-hydrogen) atoms. The highest BCUT2D eigenvalue weighted by atomic mass is 35.5. The van der Waals surface area contributed by atoms with E-state index in [1.807, 2.05) is 0 Å². The monoisotopic (exact) mass is 420 g/mol. The van der Waals surface area contributed by atoms with E-state index in [2.05, 4.69) is 26.1 Å². The van der Waals surface area contributed by atoms with Crippen LogP contribution in [0.5, 0.6) is 0 Å². The number of amides is 1. The zero-order valence-electron chi connectivity index (χ0n) is 14.3. The molecule has 9 nitrogen and oxygen atoms in total. The summed E-state index contributed by atoms with van der Waals surface area (Å²) < 4.78 is 26.9. The molecule has 1 amide bonds. The lowest BCUT2D eigenvalue weighted by Crippen LogP contribution is -2.30. The van der Waals surface area contributed by atoms with E-state index in [1.165, 1.54) is 12.1 Å². The topological polar surface area (TPSA) is 122 Å². The van der Waals surface area contributed by atoms with Gasteiger partial charge >= 0.3 is 5.69 Å². The number of hydrazine groups is 1. The van der Waals surface area contributed by atoms with Crippen molar-refractivity contribution in [2.45, 2.75) is 0 Å². The maximum absolute atomic E-state index is 13.8. The lowest BCUT2D eigenvalue weighted by molar-refractivity contribution is -0.383. The van der Waals surface area contributed by atoms with Gasteiger partial charge in [0.1, 0.15) is 18.0 Å². The van der Waals surface area contributed by atoms with E-state index in [4.69, 9.17) is 11.6 Å². The maximum Gasteiger partial charge on any atom is 0.355 e. The maximum atomic E-state index is 13.8. The first-order valence-corrected chi connectivity index (χ1v) is 8.27. The van der Waals surface area contributed by atoms with Crippen molar-refractivity contribution in [2.75, 3.05) is 10.7 Å². The quantitative estimate of drug-likeness (QED) is 0.409. The zero-order valence-corrected chi connectivity index (χ0v) is 15.1. The summed E-state index contributed by atoms with van der Waals surface area (Å²) in [6.45, 7) is 0. The van der Waals surface area contributed by atoms with Gasteiger partial charge in [-0.1, -0.05) is 23.7 Å². The largest absolute Gasteiger partial charge is 0.355 e. The minimum Gasteiger partial charge on any atom is -0.332 e. The fourth-order valence-electron chi connectivity index (χ4n) is 2.28. The van der Waals surface area contributed by atoms with E-state index < -0.39 is 28.2 Å². The molecule has 0 fully saturated rings. The molecule has 1 aromatic heterocycles. The van der Waals surface area contributed by atoms with Crippen LogP contribution >= 0.6 is 11.6 Å². The number of rotatable bonds is 6. The molecule has 3 aromatic rings. The van der Waals surface area contributed by atoms with Crippen LogP contribution in [-0.4, -0.2) is 20.8 Å². The van der Waals surface area contributed by atoms with E-state index in [0.717, 1.165) is 18.5 Å². The highest BCUT2D eigenvalue weighted by Gasteiger charge is 2.24. The Balaban J connectivity index is 1.86. The van der Waals surface area contributed by atoms with Gasteiger partial charge in [-0.2, -0.15) is 0 Å². The summed E-state index contributed by atoms with van der Waals surface area (Å²) in [6, 6.07) is 8.82. The molecule has 0 radical (unpaired) electrons. The van der Waals surface area contributed by atoms with Crippen molar-refractivity contribution in [3.8, 4) is 0 Å². The van der Waals surface area contributed by atoms with Gasteiger partial charge in [0.15, 0.2) is 0 Å². The van der Waals surface area contributed by atoms with Gasteiger partial charge in [0.05, 0.1) is 21.2 Å². The number of aromatic nitrogens is 2. The SMILES string of the molecule is O=C(NNc1ncnc(Nc2ccc(F)cc2F)c1[N+](=O)[O-])c1ccccc1Cl. The normalized spacial score (nSPS) is 10.3. The third-order valence-electron chi connectivity index (χ3n) is 3.60. The Morgan fingerprint density at radius 3 is 2.52 bits per heavy atom. The van der Waals surface area contributed by atoms with Crippen LogP contribution < -0.4 is 16.2 Å². The number of hydrogen-bond donors (Lipinski definition) is 3. The average molecular weight is 421 g/mol. The molecule has 12 heteroatoms. The number of benzene rings is 2. The molecule has 1 heterocycles. The third kappa shape index (κ3) is 4.52. The summed E-state index contributed by atoms with van der Waals surface area (Å²) >= 11 is 5.93. The Morgan fingerprint density at radius 1 is 1.10 bits per heavy atom. The molecule has 0 atom stereocenters. The van der Waals surface area contributed by atoms with Gasteiger partial charge in [0.25, 0.3) is 5.91 Å². The minimum absolute atomic E-state index is 0.130. The molecule has 0 aliphatic heterocycles.